The second-order valence-corrected chi connectivity index (χ2v) is 3.50. The topological polar surface area (TPSA) is 55.0 Å². The third kappa shape index (κ3) is 2.37. The second-order valence-electron chi connectivity index (χ2n) is 3.50. The van der Waals surface area contributed by atoms with Crippen LogP contribution in [0.1, 0.15) is 32.2 Å². The molecule has 4 nitrogen and oxygen atoms in total. The van der Waals surface area contributed by atoms with Gasteiger partial charge in [0.05, 0.1) is 0 Å². The number of hydrogen-bond acceptors (Lipinski definition) is 4. The number of nitrogen functional groups attached to an aromatic ring is 1. The zero-order valence-electron chi connectivity index (χ0n) is 10.0. The standard InChI is InChI=1S/C11H20N4/c1-5-9-13-10(12)8(4)11(14-9)15(6-2)7-3/h5-7H2,1-4H3,(H2,12,13,14). The Labute approximate surface area is 91.5 Å². The Hall–Kier alpha value is -1.32. The quantitative estimate of drug-likeness (QED) is 0.819. The molecule has 0 radical (unpaired) electrons. The van der Waals surface area contributed by atoms with Crippen molar-refractivity contribution in [2.24, 2.45) is 0 Å². The maximum atomic E-state index is 5.87. The maximum absolute atomic E-state index is 5.87. The number of anilines is 2. The Morgan fingerprint density at radius 1 is 1.13 bits per heavy atom. The van der Waals surface area contributed by atoms with Gasteiger partial charge in [0.25, 0.3) is 0 Å². The summed E-state index contributed by atoms with van der Waals surface area (Å²) in [6.45, 7) is 10.1. The minimum atomic E-state index is 0.601. The maximum Gasteiger partial charge on any atom is 0.137 e. The summed E-state index contributed by atoms with van der Waals surface area (Å²) in [7, 11) is 0. The molecule has 1 heterocycles. The molecule has 1 rings (SSSR count). The molecule has 0 spiro atoms. The molecule has 0 aliphatic heterocycles. The Kier molecular flexibility index (Phi) is 3.88. The predicted octanol–water partition coefficient (Wildman–Crippen LogP) is 1.78. The summed E-state index contributed by atoms with van der Waals surface area (Å²) in [5.41, 5.74) is 6.85. The number of rotatable bonds is 4. The van der Waals surface area contributed by atoms with E-state index in [2.05, 4.69) is 28.7 Å². The lowest BCUT2D eigenvalue weighted by molar-refractivity contribution is 0.817. The minimum Gasteiger partial charge on any atom is -0.383 e. The van der Waals surface area contributed by atoms with Gasteiger partial charge in [0.1, 0.15) is 17.5 Å². The van der Waals surface area contributed by atoms with Crippen LogP contribution in [0.2, 0.25) is 0 Å². The fourth-order valence-electron chi connectivity index (χ4n) is 1.56. The number of hydrogen-bond donors (Lipinski definition) is 1. The molecule has 0 amide bonds. The summed E-state index contributed by atoms with van der Waals surface area (Å²) in [6, 6.07) is 0. The van der Waals surface area contributed by atoms with E-state index < -0.39 is 0 Å². The van der Waals surface area contributed by atoms with Crippen LogP contribution in [-0.2, 0) is 6.42 Å². The molecule has 0 unspecified atom stereocenters. The molecule has 0 aliphatic carbocycles. The molecule has 0 bridgehead atoms. The van der Waals surface area contributed by atoms with Crippen molar-refractivity contribution in [3.8, 4) is 0 Å². The van der Waals surface area contributed by atoms with Crippen LogP contribution in [0.3, 0.4) is 0 Å². The van der Waals surface area contributed by atoms with Crippen molar-refractivity contribution < 1.29 is 0 Å². The van der Waals surface area contributed by atoms with Crippen LogP contribution in [0.25, 0.3) is 0 Å². The lowest BCUT2D eigenvalue weighted by atomic mass is 10.2. The van der Waals surface area contributed by atoms with E-state index >= 15 is 0 Å². The molecule has 0 atom stereocenters. The molecular formula is C11H20N4. The highest BCUT2D eigenvalue weighted by atomic mass is 15.2. The van der Waals surface area contributed by atoms with E-state index in [4.69, 9.17) is 5.73 Å². The molecule has 1 aromatic heterocycles. The molecular weight excluding hydrogens is 188 g/mol. The Bertz CT molecular complexity index is 332. The van der Waals surface area contributed by atoms with Gasteiger partial charge in [-0.3, -0.25) is 0 Å². The van der Waals surface area contributed by atoms with E-state index in [0.717, 1.165) is 36.7 Å². The zero-order chi connectivity index (χ0) is 11.4. The zero-order valence-corrected chi connectivity index (χ0v) is 10.0. The molecule has 0 aliphatic rings. The van der Waals surface area contributed by atoms with Crippen LogP contribution >= 0.6 is 0 Å². The van der Waals surface area contributed by atoms with Gasteiger partial charge in [-0.2, -0.15) is 0 Å². The van der Waals surface area contributed by atoms with Crippen molar-refractivity contribution in [2.75, 3.05) is 23.7 Å². The van der Waals surface area contributed by atoms with Gasteiger partial charge in [-0.1, -0.05) is 6.92 Å². The number of aryl methyl sites for hydroxylation is 1. The van der Waals surface area contributed by atoms with E-state index in [1.807, 2.05) is 13.8 Å². The summed E-state index contributed by atoms with van der Waals surface area (Å²) in [5, 5.41) is 0. The van der Waals surface area contributed by atoms with Gasteiger partial charge in [-0.05, 0) is 20.8 Å². The molecule has 0 saturated heterocycles. The van der Waals surface area contributed by atoms with E-state index in [1.54, 1.807) is 0 Å². The van der Waals surface area contributed by atoms with Crippen LogP contribution in [0.5, 0.6) is 0 Å². The van der Waals surface area contributed by atoms with Crippen molar-refractivity contribution in [2.45, 2.75) is 34.1 Å². The highest BCUT2D eigenvalue weighted by Crippen LogP contribution is 2.21. The highest BCUT2D eigenvalue weighted by Gasteiger charge is 2.12. The van der Waals surface area contributed by atoms with Crippen LogP contribution < -0.4 is 10.6 Å². The Balaban J connectivity index is 3.20. The van der Waals surface area contributed by atoms with Gasteiger partial charge in [0, 0.05) is 25.1 Å². The molecule has 1 aromatic rings. The Morgan fingerprint density at radius 3 is 2.20 bits per heavy atom. The van der Waals surface area contributed by atoms with E-state index in [-0.39, 0.29) is 0 Å². The molecule has 0 fully saturated rings. The van der Waals surface area contributed by atoms with Crippen molar-refractivity contribution in [1.29, 1.82) is 0 Å². The van der Waals surface area contributed by atoms with Gasteiger partial charge in [-0.15, -0.1) is 0 Å². The molecule has 84 valence electrons. The van der Waals surface area contributed by atoms with Gasteiger partial charge in [-0.25, -0.2) is 9.97 Å². The summed E-state index contributed by atoms with van der Waals surface area (Å²) in [5.74, 6) is 2.40. The third-order valence-corrected chi connectivity index (χ3v) is 2.58. The summed E-state index contributed by atoms with van der Waals surface area (Å²) < 4.78 is 0. The SMILES string of the molecule is CCc1nc(N)c(C)c(N(CC)CC)n1. The normalized spacial score (nSPS) is 10.4. The first kappa shape index (κ1) is 11.8. The predicted molar refractivity (Wildman–Crippen MR) is 64.1 cm³/mol. The fourth-order valence-corrected chi connectivity index (χ4v) is 1.56. The number of nitrogens with two attached hydrogens (primary N) is 1. The molecule has 2 N–H and O–H groups in total. The van der Waals surface area contributed by atoms with Crippen molar-refractivity contribution in [3.63, 3.8) is 0 Å². The van der Waals surface area contributed by atoms with Crippen LogP contribution in [-0.4, -0.2) is 23.1 Å². The van der Waals surface area contributed by atoms with E-state index in [1.165, 1.54) is 0 Å². The molecule has 15 heavy (non-hydrogen) atoms. The molecule has 4 heteroatoms. The summed E-state index contributed by atoms with van der Waals surface area (Å²) in [6.07, 6.45) is 0.818. The largest absolute Gasteiger partial charge is 0.383 e. The first-order chi connectivity index (χ1) is 7.13. The third-order valence-electron chi connectivity index (χ3n) is 2.58. The summed E-state index contributed by atoms with van der Waals surface area (Å²) >= 11 is 0. The van der Waals surface area contributed by atoms with Crippen molar-refractivity contribution in [3.05, 3.63) is 11.4 Å². The fraction of sp³-hybridized carbons (Fsp3) is 0.636. The second kappa shape index (κ2) is 4.96. The van der Waals surface area contributed by atoms with Gasteiger partial charge in [0.15, 0.2) is 0 Å². The number of nitrogens with zero attached hydrogens (tertiary/aromatic N) is 3. The van der Waals surface area contributed by atoms with Gasteiger partial charge < -0.3 is 10.6 Å². The van der Waals surface area contributed by atoms with Crippen LogP contribution in [0.4, 0.5) is 11.6 Å². The van der Waals surface area contributed by atoms with Gasteiger partial charge >= 0.3 is 0 Å². The average molecular weight is 208 g/mol. The first-order valence-corrected chi connectivity index (χ1v) is 5.51. The monoisotopic (exact) mass is 208 g/mol. The lowest BCUT2D eigenvalue weighted by Gasteiger charge is -2.22. The number of aromatic nitrogens is 2. The van der Waals surface area contributed by atoms with E-state index in [9.17, 15) is 0 Å². The lowest BCUT2D eigenvalue weighted by Crippen LogP contribution is -2.25. The van der Waals surface area contributed by atoms with Crippen LogP contribution in [0.15, 0.2) is 0 Å². The van der Waals surface area contributed by atoms with Crippen molar-refractivity contribution in [1.82, 2.24) is 9.97 Å². The van der Waals surface area contributed by atoms with Gasteiger partial charge in [0.2, 0.25) is 0 Å². The smallest absolute Gasteiger partial charge is 0.137 e. The molecule has 0 saturated carbocycles. The minimum absolute atomic E-state index is 0.601. The highest BCUT2D eigenvalue weighted by molar-refractivity contribution is 5.56. The average Bonchev–Trinajstić information content (AvgIpc) is 2.25. The Morgan fingerprint density at radius 2 is 1.73 bits per heavy atom. The summed E-state index contributed by atoms with van der Waals surface area (Å²) in [4.78, 5) is 11.0. The first-order valence-electron chi connectivity index (χ1n) is 5.51. The van der Waals surface area contributed by atoms with E-state index in [0.29, 0.717) is 5.82 Å². The molecule has 0 aromatic carbocycles. The van der Waals surface area contributed by atoms with Crippen LogP contribution in [0, 0.1) is 6.92 Å². The van der Waals surface area contributed by atoms with Crippen molar-refractivity contribution >= 4 is 11.6 Å².